The number of halogens is 3. The van der Waals surface area contributed by atoms with Crippen molar-refractivity contribution in [2.24, 2.45) is 5.92 Å². The zero-order chi connectivity index (χ0) is 22.7. The second-order valence-electron chi connectivity index (χ2n) is 7.96. The molecule has 9 heteroatoms. The summed E-state index contributed by atoms with van der Waals surface area (Å²) in [4.78, 5) is 21.2. The Bertz CT molecular complexity index is 1060. The molecule has 2 atom stereocenters. The summed E-state index contributed by atoms with van der Waals surface area (Å²) in [5, 5.41) is 9.00. The number of H-pyrrole nitrogens is 1. The summed E-state index contributed by atoms with van der Waals surface area (Å²) in [6.45, 7) is 0. The number of hydrogen-bond acceptors (Lipinski definition) is 4. The fourth-order valence-corrected chi connectivity index (χ4v) is 4.00. The Morgan fingerprint density at radius 2 is 1.88 bits per heavy atom. The number of carboxylic acids is 1. The van der Waals surface area contributed by atoms with Gasteiger partial charge in [0.15, 0.2) is 11.5 Å². The highest BCUT2D eigenvalue weighted by Crippen LogP contribution is 2.32. The normalized spacial score (nSPS) is 19.0. The number of hydrogen-bond donors (Lipinski definition) is 2. The quantitative estimate of drug-likeness (QED) is 0.518. The van der Waals surface area contributed by atoms with E-state index in [9.17, 15) is 18.0 Å². The van der Waals surface area contributed by atoms with Crippen molar-refractivity contribution in [2.45, 2.75) is 44.4 Å². The molecule has 3 aromatic rings. The Hall–Kier alpha value is -3.36. The van der Waals surface area contributed by atoms with Crippen LogP contribution < -0.4 is 4.74 Å². The average molecular weight is 445 g/mol. The number of pyridine rings is 1. The molecule has 1 aromatic carbocycles. The smallest absolute Gasteiger partial charge is 0.434 e. The van der Waals surface area contributed by atoms with E-state index in [0.29, 0.717) is 5.69 Å². The first-order valence-corrected chi connectivity index (χ1v) is 10.4. The molecule has 0 radical (unpaired) electrons. The van der Waals surface area contributed by atoms with Crippen molar-refractivity contribution in [2.75, 3.05) is 0 Å². The maximum atomic E-state index is 12.7. The molecule has 32 heavy (non-hydrogen) atoms. The van der Waals surface area contributed by atoms with E-state index in [0.717, 1.165) is 48.8 Å². The molecule has 0 saturated heterocycles. The minimum Gasteiger partial charge on any atom is -0.490 e. The first-order valence-electron chi connectivity index (χ1n) is 10.4. The first kappa shape index (κ1) is 21.9. The summed E-state index contributed by atoms with van der Waals surface area (Å²) < 4.78 is 44.2. The number of aromatic amines is 1. The number of benzene rings is 1. The fourth-order valence-electron chi connectivity index (χ4n) is 4.00. The zero-order valence-corrected chi connectivity index (χ0v) is 17.1. The van der Waals surface area contributed by atoms with E-state index in [2.05, 4.69) is 15.0 Å². The summed E-state index contributed by atoms with van der Waals surface area (Å²) in [5.41, 5.74) is 1.03. The van der Waals surface area contributed by atoms with E-state index in [1.165, 1.54) is 0 Å². The van der Waals surface area contributed by atoms with Gasteiger partial charge in [-0.1, -0.05) is 18.2 Å². The molecule has 2 aromatic heterocycles. The maximum Gasteiger partial charge on any atom is 0.434 e. The lowest BCUT2D eigenvalue weighted by atomic mass is 9.85. The van der Waals surface area contributed by atoms with Crippen LogP contribution in [-0.2, 0) is 11.0 Å². The summed E-state index contributed by atoms with van der Waals surface area (Å²) in [7, 11) is 0. The molecule has 1 aliphatic carbocycles. The Balaban J connectivity index is 1.40. The molecule has 0 spiro atoms. The van der Waals surface area contributed by atoms with Gasteiger partial charge in [0, 0.05) is 24.4 Å². The largest absolute Gasteiger partial charge is 0.490 e. The van der Waals surface area contributed by atoms with E-state index in [1.54, 1.807) is 18.3 Å². The topological polar surface area (TPSA) is 88.1 Å². The van der Waals surface area contributed by atoms with E-state index >= 15 is 0 Å². The molecule has 0 unspecified atom stereocenters. The predicted octanol–water partition coefficient (Wildman–Crippen LogP) is 5.57. The lowest BCUT2D eigenvalue weighted by Crippen LogP contribution is -2.26. The standard InChI is InChI=1S/C23H22F3N3O3/c24-23(25,26)20-13-28-22(29-20)19-9-6-16(12-27-19)15-4-7-17(8-5-15)32-18-3-1-2-14(10-18)11-21(30)31/h4-9,12-14,18H,1-3,10-11H2,(H,28,29)(H,30,31)/t14-,18+/m0/s1. The number of rotatable bonds is 6. The number of alkyl halides is 3. The number of aromatic nitrogens is 3. The van der Waals surface area contributed by atoms with Crippen molar-refractivity contribution in [1.82, 2.24) is 15.0 Å². The van der Waals surface area contributed by atoms with Gasteiger partial charge < -0.3 is 14.8 Å². The van der Waals surface area contributed by atoms with Crippen LogP contribution in [0.2, 0.25) is 0 Å². The molecule has 0 aliphatic heterocycles. The van der Waals surface area contributed by atoms with E-state index in [-0.39, 0.29) is 24.3 Å². The molecule has 2 heterocycles. The van der Waals surface area contributed by atoms with Gasteiger partial charge in [0.1, 0.15) is 11.4 Å². The van der Waals surface area contributed by atoms with Crippen LogP contribution in [0.5, 0.6) is 5.75 Å². The highest BCUT2D eigenvalue weighted by Gasteiger charge is 2.34. The van der Waals surface area contributed by atoms with Crippen molar-refractivity contribution >= 4 is 5.97 Å². The van der Waals surface area contributed by atoms with Gasteiger partial charge in [0.05, 0.1) is 6.10 Å². The third kappa shape index (κ3) is 5.27. The Morgan fingerprint density at radius 1 is 1.12 bits per heavy atom. The van der Waals surface area contributed by atoms with Crippen LogP contribution in [0.3, 0.4) is 0 Å². The van der Waals surface area contributed by atoms with Crippen LogP contribution in [0.25, 0.3) is 22.6 Å². The van der Waals surface area contributed by atoms with Crippen LogP contribution in [0, 0.1) is 5.92 Å². The highest BCUT2D eigenvalue weighted by atomic mass is 19.4. The molecule has 4 rings (SSSR count). The molecule has 0 bridgehead atoms. The molecule has 1 fully saturated rings. The van der Waals surface area contributed by atoms with Gasteiger partial charge in [-0.25, -0.2) is 4.98 Å². The number of nitrogens with zero attached hydrogens (tertiary/aromatic N) is 2. The van der Waals surface area contributed by atoms with Gasteiger partial charge >= 0.3 is 12.1 Å². The number of ether oxygens (including phenoxy) is 1. The van der Waals surface area contributed by atoms with E-state index in [1.807, 2.05) is 24.3 Å². The lowest BCUT2D eigenvalue weighted by molar-refractivity contribution is -0.141. The van der Waals surface area contributed by atoms with Gasteiger partial charge in [0.2, 0.25) is 0 Å². The Labute approximate surface area is 182 Å². The lowest BCUT2D eigenvalue weighted by Gasteiger charge is -2.28. The number of carboxylic acid groups (broad SMARTS) is 1. The fraction of sp³-hybridized carbons (Fsp3) is 0.348. The number of aliphatic carboxylic acids is 1. The van der Waals surface area contributed by atoms with Crippen LogP contribution >= 0.6 is 0 Å². The molecule has 1 saturated carbocycles. The summed E-state index contributed by atoms with van der Waals surface area (Å²) in [6.07, 6.45) is 1.61. The van der Waals surface area contributed by atoms with Crippen LogP contribution in [0.15, 0.2) is 48.8 Å². The molecule has 2 N–H and O–H groups in total. The SMILES string of the molecule is O=C(O)C[C@H]1CCC[C@@H](Oc2ccc(-c3ccc(-c4nc(C(F)(F)F)c[nH]4)nc3)cc2)C1. The predicted molar refractivity (Wildman–Crippen MR) is 111 cm³/mol. The molecule has 6 nitrogen and oxygen atoms in total. The van der Waals surface area contributed by atoms with Crippen LogP contribution in [-0.4, -0.2) is 32.1 Å². The second-order valence-corrected chi connectivity index (χ2v) is 7.96. The molecule has 1 aliphatic rings. The van der Waals surface area contributed by atoms with E-state index < -0.39 is 17.8 Å². The minimum absolute atomic E-state index is 0.00906. The Morgan fingerprint density at radius 3 is 2.50 bits per heavy atom. The number of carbonyl (C=O) groups is 1. The number of imidazole rings is 1. The summed E-state index contributed by atoms with van der Waals surface area (Å²) in [6, 6.07) is 10.9. The molecular formula is C23H22F3N3O3. The van der Waals surface area contributed by atoms with Crippen LogP contribution in [0.1, 0.15) is 37.8 Å². The van der Waals surface area contributed by atoms with Gasteiger partial charge in [-0.15, -0.1) is 0 Å². The van der Waals surface area contributed by atoms with Gasteiger partial charge in [-0.3, -0.25) is 9.78 Å². The average Bonchev–Trinajstić information content (AvgIpc) is 3.25. The van der Waals surface area contributed by atoms with Gasteiger partial charge in [-0.05, 0) is 55.4 Å². The van der Waals surface area contributed by atoms with Crippen molar-refractivity contribution < 1.29 is 27.8 Å². The van der Waals surface area contributed by atoms with Gasteiger partial charge in [-0.2, -0.15) is 13.2 Å². The first-order chi connectivity index (χ1) is 15.3. The van der Waals surface area contributed by atoms with Crippen molar-refractivity contribution in [3.8, 4) is 28.4 Å². The second kappa shape index (κ2) is 9.02. The molecule has 0 amide bonds. The van der Waals surface area contributed by atoms with Crippen molar-refractivity contribution in [3.63, 3.8) is 0 Å². The van der Waals surface area contributed by atoms with E-state index in [4.69, 9.17) is 9.84 Å². The zero-order valence-electron chi connectivity index (χ0n) is 17.1. The third-order valence-electron chi connectivity index (χ3n) is 5.56. The highest BCUT2D eigenvalue weighted by molar-refractivity contribution is 5.67. The summed E-state index contributed by atoms with van der Waals surface area (Å²) in [5.74, 6) is 0.153. The molecular weight excluding hydrogens is 423 g/mol. The van der Waals surface area contributed by atoms with Crippen molar-refractivity contribution in [1.29, 1.82) is 0 Å². The van der Waals surface area contributed by atoms with Gasteiger partial charge in [0.25, 0.3) is 0 Å². The monoisotopic (exact) mass is 445 g/mol. The van der Waals surface area contributed by atoms with Crippen molar-refractivity contribution in [3.05, 3.63) is 54.5 Å². The molecule has 168 valence electrons. The minimum atomic E-state index is -4.51. The summed E-state index contributed by atoms with van der Waals surface area (Å²) >= 11 is 0. The number of nitrogens with one attached hydrogen (secondary N) is 1. The Kier molecular flexibility index (Phi) is 6.16. The third-order valence-corrected chi connectivity index (χ3v) is 5.56. The van der Waals surface area contributed by atoms with Crippen LogP contribution in [0.4, 0.5) is 13.2 Å². The maximum absolute atomic E-state index is 12.7.